The lowest BCUT2D eigenvalue weighted by Crippen LogP contribution is -2.52. The molecule has 2 aliphatic rings. The van der Waals surface area contributed by atoms with E-state index < -0.39 is 10.0 Å². The highest BCUT2D eigenvalue weighted by molar-refractivity contribution is 7.88. The lowest BCUT2D eigenvalue weighted by Gasteiger charge is -2.38. The van der Waals surface area contributed by atoms with Gasteiger partial charge < -0.3 is 15.1 Å². The van der Waals surface area contributed by atoms with Gasteiger partial charge in [-0.25, -0.2) is 17.7 Å². The zero-order chi connectivity index (χ0) is 23.6. The Morgan fingerprint density at radius 3 is 2.21 bits per heavy atom. The summed E-state index contributed by atoms with van der Waals surface area (Å²) in [5.41, 5.74) is 3.01. The number of amides is 1. The predicted octanol–water partition coefficient (Wildman–Crippen LogP) is 2.16. The van der Waals surface area contributed by atoms with Crippen molar-refractivity contribution in [2.24, 2.45) is 5.92 Å². The molecule has 0 unspecified atom stereocenters. The summed E-state index contributed by atoms with van der Waals surface area (Å²) in [6, 6.07) is 10.1. The molecule has 0 spiro atoms. The standard InChI is InChI=1S/C23H32N6O3S/c1-17-4-6-20(7-5-17)25-23-24-18(2)16-21(26-23)27-12-14-28(15-13-27)22(30)19-8-10-29(11-9-19)33(3,31)32/h4-7,16,19H,8-15H2,1-3H3,(H,24,25,26). The van der Waals surface area contributed by atoms with Crippen LogP contribution in [0.15, 0.2) is 30.3 Å². The van der Waals surface area contributed by atoms with Crippen LogP contribution >= 0.6 is 0 Å². The van der Waals surface area contributed by atoms with Gasteiger partial charge in [0, 0.05) is 62.6 Å². The van der Waals surface area contributed by atoms with Crippen molar-refractivity contribution < 1.29 is 13.2 Å². The molecule has 2 aliphatic heterocycles. The third-order valence-corrected chi connectivity index (χ3v) is 7.64. The Labute approximate surface area is 195 Å². The molecule has 1 amide bonds. The first kappa shape index (κ1) is 23.4. The average Bonchev–Trinajstić information content (AvgIpc) is 2.79. The van der Waals surface area contributed by atoms with E-state index in [1.807, 2.05) is 49.1 Å². The van der Waals surface area contributed by atoms with Gasteiger partial charge in [0.25, 0.3) is 0 Å². The van der Waals surface area contributed by atoms with Crippen LogP contribution in [-0.4, -0.2) is 79.0 Å². The first-order chi connectivity index (χ1) is 15.7. The van der Waals surface area contributed by atoms with Gasteiger partial charge in [0.15, 0.2) is 0 Å². The lowest BCUT2D eigenvalue weighted by molar-refractivity contribution is -0.137. The number of sulfonamides is 1. The van der Waals surface area contributed by atoms with E-state index in [0.717, 1.165) is 17.2 Å². The summed E-state index contributed by atoms with van der Waals surface area (Å²) < 4.78 is 24.9. The maximum atomic E-state index is 13.0. The van der Waals surface area contributed by atoms with Crippen molar-refractivity contribution in [3.8, 4) is 0 Å². The Morgan fingerprint density at radius 2 is 1.61 bits per heavy atom. The number of carbonyl (C=O) groups excluding carboxylic acids is 1. The van der Waals surface area contributed by atoms with Crippen molar-refractivity contribution in [2.75, 3.05) is 55.7 Å². The monoisotopic (exact) mass is 472 g/mol. The Morgan fingerprint density at radius 1 is 0.970 bits per heavy atom. The largest absolute Gasteiger partial charge is 0.353 e. The summed E-state index contributed by atoms with van der Waals surface area (Å²) in [6.45, 7) is 7.52. The highest BCUT2D eigenvalue weighted by atomic mass is 32.2. The number of anilines is 3. The number of hydrogen-bond acceptors (Lipinski definition) is 7. The number of piperidine rings is 1. The number of aromatic nitrogens is 2. The van der Waals surface area contributed by atoms with Crippen molar-refractivity contribution >= 4 is 33.4 Å². The summed E-state index contributed by atoms with van der Waals surface area (Å²) in [4.78, 5) is 26.3. The Hall–Kier alpha value is -2.72. The molecule has 2 saturated heterocycles. The van der Waals surface area contributed by atoms with Crippen molar-refractivity contribution in [1.29, 1.82) is 0 Å². The Kier molecular flexibility index (Phi) is 6.85. The van der Waals surface area contributed by atoms with Gasteiger partial charge in [-0.1, -0.05) is 17.7 Å². The summed E-state index contributed by atoms with van der Waals surface area (Å²) in [5.74, 6) is 1.46. The van der Waals surface area contributed by atoms with Crippen LogP contribution < -0.4 is 10.2 Å². The zero-order valence-electron chi connectivity index (χ0n) is 19.5. The van der Waals surface area contributed by atoms with E-state index >= 15 is 0 Å². The average molecular weight is 473 g/mol. The Bertz CT molecular complexity index is 1090. The fourth-order valence-corrected chi connectivity index (χ4v) is 5.26. The quantitative estimate of drug-likeness (QED) is 0.712. The highest BCUT2D eigenvalue weighted by Gasteiger charge is 2.32. The number of nitrogens with one attached hydrogen (secondary N) is 1. The molecule has 1 aromatic heterocycles. The minimum Gasteiger partial charge on any atom is -0.353 e. The molecular formula is C23H32N6O3S. The molecule has 1 aromatic carbocycles. The summed E-state index contributed by atoms with van der Waals surface area (Å²) in [5, 5.41) is 3.28. The number of rotatable bonds is 5. The summed E-state index contributed by atoms with van der Waals surface area (Å²) >= 11 is 0. The molecule has 178 valence electrons. The first-order valence-corrected chi connectivity index (χ1v) is 13.2. The molecular weight excluding hydrogens is 440 g/mol. The summed E-state index contributed by atoms with van der Waals surface area (Å²) in [6.07, 6.45) is 2.40. The lowest BCUT2D eigenvalue weighted by atomic mass is 9.96. The van der Waals surface area contributed by atoms with Gasteiger partial charge in [0.2, 0.25) is 21.9 Å². The van der Waals surface area contributed by atoms with Gasteiger partial charge in [-0.05, 0) is 38.8 Å². The first-order valence-electron chi connectivity index (χ1n) is 11.4. The maximum absolute atomic E-state index is 13.0. The minimum atomic E-state index is -3.18. The van der Waals surface area contributed by atoms with E-state index in [4.69, 9.17) is 4.98 Å². The highest BCUT2D eigenvalue weighted by Crippen LogP contribution is 2.24. The van der Waals surface area contributed by atoms with E-state index in [-0.39, 0.29) is 11.8 Å². The van der Waals surface area contributed by atoms with E-state index in [9.17, 15) is 13.2 Å². The molecule has 3 heterocycles. The van der Waals surface area contributed by atoms with Crippen LogP contribution in [-0.2, 0) is 14.8 Å². The molecule has 0 radical (unpaired) electrons. The summed E-state index contributed by atoms with van der Waals surface area (Å²) in [7, 11) is -3.18. The van der Waals surface area contributed by atoms with Gasteiger partial charge in [-0.2, -0.15) is 4.98 Å². The molecule has 2 fully saturated rings. The van der Waals surface area contributed by atoms with E-state index in [2.05, 4.69) is 15.2 Å². The number of hydrogen-bond donors (Lipinski definition) is 1. The topological polar surface area (TPSA) is 98.7 Å². The maximum Gasteiger partial charge on any atom is 0.229 e. The molecule has 0 bridgehead atoms. The molecule has 4 rings (SSSR count). The molecule has 0 aliphatic carbocycles. The number of benzene rings is 1. The molecule has 0 atom stereocenters. The van der Waals surface area contributed by atoms with Crippen LogP contribution in [0.25, 0.3) is 0 Å². The van der Waals surface area contributed by atoms with Crippen molar-refractivity contribution in [2.45, 2.75) is 26.7 Å². The second kappa shape index (κ2) is 9.64. The fourth-order valence-electron chi connectivity index (χ4n) is 4.38. The van der Waals surface area contributed by atoms with E-state index in [0.29, 0.717) is 58.1 Å². The zero-order valence-corrected chi connectivity index (χ0v) is 20.3. The van der Waals surface area contributed by atoms with Gasteiger partial charge in [0.1, 0.15) is 5.82 Å². The van der Waals surface area contributed by atoms with Gasteiger partial charge >= 0.3 is 0 Å². The second-order valence-electron chi connectivity index (χ2n) is 8.93. The number of carbonyl (C=O) groups is 1. The SMILES string of the molecule is Cc1ccc(Nc2nc(C)cc(N3CCN(C(=O)C4CCN(S(C)(=O)=O)CC4)CC3)n2)cc1. The molecule has 9 nitrogen and oxygen atoms in total. The Balaban J connectivity index is 1.34. The second-order valence-corrected chi connectivity index (χ2v) is 10.9. The number of aryl methyl sites for hydroxylation is 2. The van der Waals surface area contributed by atoms with E-state index in [1.54, 1.807) is 0 Å². The molecule has 1 N–H and O–H groups in total. The van der Waals surface area contributed by atoms with Gasteiger partial charge in [-0.15, -0.1) is 0 Å². The van der Waals surface area contributed by atoms with Crippen LogP contribution in [0.5, 0.6) is 0 Å². The fraction of sp³-hybridized carbons (Fsp3) is 0.522. The van der Waals surface area contributed by atoms with E-state index in [1.165, 1.54) is 16.1 Å². The normalized spacial score (nSPS) is 18.4. The van der Waals surface area contributed by atoms with Crippen LogP contribution in [0.3, 0.4) is 0 Å². The van der Waals surface area contributed by atoms with Crippen LogP contribution in [0, 0.1) is 19.8 Å². The van der Waals surface area contributed by atoms with Gasteiger partial charge in [0.05, 0.1) is 6.26 Å². The van der Waals surface area contributed by atoms with Crippen LogP contribution in [0.1, 0.15) is 24.1 Å². The number of nitrogens with zero attached hydrogens (tertiary/aromatic N) is 5. The smallest absolute Gasteiger partial charge is 0.229 e. The van der Waals surface area contributed by atoms with Crippen LogP contribution in [0.2, 0.25) is 0 Å². The minimum absolute atomic E-state index is 0.0962. The molecule has 10 heteroatoms. The van der Waals surface area contributed by atoms with Gasteiger partial charge in [-0.3, -0.25) is 4.79 Å². The third kappa shape index (κ3) is 5.80. The van der Waals surface area contributed by atoms with Crippen molar-refractivity contribution in [3.05, 3.63) is 41.6 Å². The third-order valence-electron chi connectivity index (χ3n) is 6.34. The van der Waals surface area contributed by atoms with Crippen molar-refractivity contribution in [1.82, 2.24) is 19.2 Å². The molecule has 2 aromatic rings. The predicted molar refractivity (Wildman–Crippen MR) is 129 cm³/mol. The number of piperazine rings is 1. The molecule has 0 saturated carbocycles. The van der Waals surface area contributed by atoms with Crippen molar-refractivity contribution in [3.63, 3.8) is 0 Å². The van der Waals surface area contributed by atoms with Crippen LogP contribution in [0.4, 0.5) is 17.5 Å². The molecule has 33 heavy (non-hydrogen) atoms.